The molecule has 0 atom stereocenters. The van der Waals surface area contributed by atoms with Crippen molar-refractivity contribution < 1.29 is 0 Å². The van der Waals surface area contributed by atoms with Gasteiger partial charge < -0.3 is 4.57 Å². The fourth-order valence-electron chi connectivity index (χ4n) is 4.42. The molecule has 31 heavy (non-hydrogen) atoms. The largest absolute Gasteiger partial charge is 0.337 e. The smallest absolute Gasteiger partial charge is 0.320 e. The predicted octanol–water partition coefficient (Wildman–Crippen LogP) is 4.82. The number of para-hydroxylation sites is 1. The van der Waals surface area contributed by atoms with Gasteiger partial charge in [0.1, 0.15) is 0 Å². The van der Waals surface area contributed by atoms with E-state index in [9.17, 15) is 9.59 Å². The highest BCUT2D eigenvalue weighted by Gasteiger charge is 2.26. The number of hydrogen-bond acceptors (Lipinski definition) is 3. The van der Waals surface area contributed by atoms with Crippen LogP contribution in [0.5, 0.6) is 0 Å². The minimum atomic E-state index is -0.402. The molecule has 0 amide bonds. The second kappa shape index (κ2) is 8.02. The molecule has 0 N–H and O–H groups in total. The first-order chi connectivity index (χ1) is 15.1. The normalized spacial score (nSPS) is 14.5. The average molecular weight is 455 g/mol. The summed E-state index contributed by atoms with van der Waals surface area (Å²) in [5.41, 5.74) is 1.32. The number of aromatic nitrogens is 4. The zero-order valence-corrected chi connectivity index (χ0v) is 18.2. The van der Waals surface area contributed by atoms with E-state index in [1.54, 1.807) is 29.1 Å². The molecular weight excluding hydrogens is 435 g/mol. The summed E-state index contributed by atoms with van der Waals surface area (Å²) in [7, 11) is 0. The summed E-state index contributed by atoms with van der Waals surface area (Å²) >= 11 is 12.8. The van der Waals surface area contributed by atoms with Gasteiger partial charge in [0.15, 0.2) is 11.2 Å². The minimum absolute atomic E-state index is 0.123. The van der Waals surface area contributed by atoms with Crippen molar-refractivity contribution in [2.45, 2.75) is 38.3 Å². The lowest BCUT2D eigenvalue weighted by Crippen LogP contribution is -2.42. The summed E-state index contributed by atoms with van der Waals surface area (Å²) in [5, 5.41) is 1.03. The van der Waals surface area contributed by atoms with Crippen molar-refractivity contribution in [3.8, 4) is 5.69 Å². The maximum Gasteiger partial charge on any atom is 0.337 e. The van der Waals surface area contributed by atoms with E-state index in [1.165, 1.54) is 9.13 Å². The third-order valence-corrected chi connectivity index (χ3v) is 6.62. The third-order valence-electron chi connectivity index (χ3n) is 5.93. The quantitative estimate of drug-likeness (QED) is 0.443. The van der Waals surface area contributed by atoms with Gasteiger partial charge in [-0.1, -0.05) is 66.4 Å². The Kier molecular flexibility index (Phi) is 5.20. The molecule has 1 fully saturated rings. The topological polar surface area (TPSA) is 61.8 Å². The molecule has 2 heterocycles. The Labute approximate surface area is 188 Å². The first kappa shape index (κ1) is 20.1. The lowest BCUT2D eigenvalue weighted by molar-refractivity contribution is 0.474. The summed E-state index contributed by atoms with van der Waals surface area (Å²) in [6.07, 6.45) is 5.20. The van der Waals surface area contributed by atoms with Crippen LogP contribution in [0.3, 0.4) is 0 Å². The summed E-state index contributed by atoms with van der Waals surface area (Å²) < 4.78 is 4.61. The highest BCUT2D eigenvalue weighted by molar-refractivity contribution is 6.32. The van der Waals surface area contributed by atoms with Crippen molar-refractivity contribution in [3.05, 3.63) is 91.3 Å². The first-order valence-electron chi connectivity index (χ1n) is 10.3. The van der Waals surface area contributed by atoms with Crippen molar-refractivity contribution in [1.29, 1.82) is 0 Å². The number of imidazole rings is 1. The van der Waals surface area contributed by atoms with E-state index in [2.05, 4.69) is 4.98 Å². The number of fused-ring (bicyclic) bond motifs is 1. The molecule has 4 aromatic rings. The van der Waals surface area contributed by atoms with Crippen molar-refractivity contribution >= 4 is 34.4 Å². The van der Waals surface area contributed by atoms with Gasteiger partial charge in [0, 0.05) is 11.1 Å². The zero-order valence-electron chi connectivity index (χ0n) is 16.7. The molecule has 0 radical (unpaired) electrons. The molecular formula is C23H20Cl2N4O2. The maximum absolute atomic E-state index is 13.6. The van der Waals surface area contributed by atoms with Crippen LogP contribution in [-0.4, -0.2) is 18.7 Å². The molecule has 5 rings (SSSR count). The molecule has 2 aromatic heterocycles. The number of benzene rings is 2. The Morgan fingerprint density at radius 1 is 0.935 bits per heavy atom. The minimum Gasteiger partial charge on any atom is -0.320 e. The molecule has 0 bridgehead atoms. The first-order valence-corrected chi connectivity index (χ1v) is 11.0. The highest BCUT2D eigenvalue weighted by atomic mass is 35.5. The van der Waals surface area contributed by atoms with Gasteiger partial charge in [-0.2, -0.15) is 0 Å². The Balaban J connectivity index is 1.81. The van der Waals surface area contributed by atoms with Gasteiger partial charge in [0.2, 0.25) is 0 Å². The van der Waals surface area contributed by atoms with Crippen molar-refractivity contribution in [2.75, 3.05) is 0 Å². The van der Waals surface area contributed by atoms with Crippen LogP contribution in [0.15, 0.2) is 64.4 Å². The van der Waals surface area contributed by atoms with Gasteiger partial charge in [-0.25, -0.2) is 14.3 Å². The summed E-state index contributed by atoms with van der Waals surface area (Å²) in [6.45, 7) is 0.372. The molecule has 0 saturated heterocycles. The maximum atomic E-state index is 13.6. The second-order valence-electron chi connectivity index (χ2n) is 7.82. The van der Waals surface area contributed by atoms with Crippen molar-refractivity contribution in [1.82, 2.24) is 18.7 Å². The standard InChI is InChI=1S/C23H20Cl2N4O2/c24-17-10-4-1-7-15(17)13-27-14-26-21-20(27)22(30)28(16-8-2-3-9-16)23(31)29(21)19-12-6-5-11-18(19)25/h1,4-7,10-12,14,16H,2-3,8-9,13H2. The highest BCUT2D eigenvalue weighted by Crippen LogP contribution is 2.29. The van der Waals surface area contributed by atoms with Crippen molar-refractivity contribution in [3.63, 3.8) is 0 Å². The van der Waals surface area contributed by atoms with Crippen molar-refractivity contribution in [2.24, 2.45) is 0 Å². The van der Waals surface area contributed by atoms with Gasteiger partial charge in [0.25, 0.3) is 5.56 Å². The molecule has 2 aromatic carbocycles. The Morgan fingerprint density at radius 3 is 2.32 bits per heavy atom. The zero-order chi connectivity index (χ0) is 21.5. The SMILES string of the molecule is O=c1c2c(ncn2Cc2ccccc2Cl)n(-c2ccccc2Cl)c(=O)n1C1CCCC1. The molecule has 158 valence electrons. The van der Waals surface area contributed by atoms with Gasteiger partial charge in [-0.3, -0.25) is 9.36 Å². The summed E-state index contributed by atoms with van der Waals surface area (Å²) in [5.74, 6) is 0. The fraction of sp³-hybridized carbons (Fsp3) is 0.261. The molecule has 8 heteroatoms. The van der Waals surface area contributed by atoms with Gasteiger partial charge in [0.05, 0.1) is 23.6 Å². The van der Waals surface area contributed by atoms with Gasteiger partial charge in [-0.15, -0.1) is 0 Å². The Hall–Kier alpha value is -2.83. The molecule has 0 unspecified atom stereocenters. The summed E-state index contributed by atoms with van der Waals surface area (Å²) in [4.78, 5) is 31.6. The molecule has 0 spiro atoms. The Bertz CT molecular complexity index is 1400. The van der Waals surface area contributed by atoms with Crippen LogP contribution in [0.1, 0.15) is 37.3 Å². The van der Waals surface area contributed by atoms with E-state index in [0.717, 1.165) is 31.2 Å². The number of hydrogen-bond donors (Lipinski definition) is 0. The van der Waals surface area contributed by atoms with E-state index in [0.29, 0.717) is 33.4 Å². The van der Waals surface area contributed by atoms with Crippen LogP contribution in [0, 0.1) is 0 Å². The van der Waals surface area contributed by atoms with Crippen LogP contribution in [0.25, 0.3) is 16.9 Å². The van der Waals surface area contributed by atoms with E-state index in [-0.39, 0.29) is 11.6 Å². The second-order valence-corrected chi connectivity index (χ2v) is 8.63. The summed E-state index contributed by atoms with van der Waals surface area (Å²) in [6, 6.07) is 14.5. The van der Waals surface area contributed by atoms with Crippen LogP contribution in [0.2, 0.25) is 10.0 Å². The van der Waals surface area contributed by atoms with Crippen LogP contribution >= 0.6 is 23.2 Å². The number of rotatable bonds is 4. The number of halogens is 2. The third kappa shape index (κ3) is 3.40. The van der Waals surface area contributed by atoms with Crippen LogP contribution in [0.4, 0.5) is 0 Å². The average Bonchev–Trinajstić information content (AvgIpc) is 3.42. The predicted molar refractivity (Wildman–Crippen MR) is 123 cm³/mol. The molecule has 1 aliphatic carbocycles. The van der Waals surface area contributed by atoms with E-state index in [1.807, 2.05) is 30.3 Å². The molecule has 1 aliphatic rings. The lowest BCUT2D eigenvalue weighted by atomic mass is 10.2. The number of nitrogens with zero attached hydrogens (tertiary/aromatic N) is 4. The lowest BCUT2D eigenvalue weighted by Gasteiger charge is -2.17. The van der Waals surface area contributed by atoms with E-state index < -0.39 is 5.69 Å². The monoisotopic (exact) mass is 454 g/mol. The molecule has 6 nitrogen and oxygen atoms in total. The van der Waals surface area contributed by atoms with Crippen LogP contribution in [-0.2, 0) is 6.54 Å². The van der Waals surface area contributed by atoms with Crippen LogP contribution < -0.4 is 11.2 Å². The molecule has 1 saturated carbocycles. The van der Waals surface area contributed by atoms with Gasteiger partial charge >= 0.3 is 5.69 Å². The van der Waals surface area contributed by atoms with E-state index in [4.69, 9.17) is 23.2 Å². The Morgan fingerprint density at radius 2 is 1.61 bits per heavy atom. The molecule has 0 aliphatic heterocycles. The fourth-order valence-corrected chi connectivity index (χ4v) is 4.83. The van der Waals surface area contributed by atoms with Gasteiger partial charge in [-0.05, 0) is 36.6 Å². The van der Waals surface area contributed by atoms with E-state index >= 15 is 0 Å².